The molecular weight excluding hydrogens is 756 g/mol. The molecule has 0 fully saturated rings. The summed E-state index contributed by atoms with van der Waals surface area (Å²) in [4.78, 5) is 30.8. The highest BCUT2D eigenvalue weighted by Crippen LogP contribution is 2.36. The first kappa shape index (κ1) is 58.5. The summed E-state index contributed by atoms with van der Waals surface area (Å²) in [6.45, 7) is 4.83. The van der Waals surface area contributed by atoms with Crippen LogP contribution in [0, 0.1) is 0 Å². The topological polar surface area (TPSA) is 102 Å². The molecule has 2 N–H and O–H groups in total. The van der Waals surface area contributed by atoms with Crippen LogP contribution in [0.2, 0.25) is 0 Å². The average Bonchev–Trinajstić information content (AvgIpc) is 3.21. The van der Waals surface area contributed by atoms with Crippen molar-refractivity contribution in [3.05, 3.63) is 0 Å². The van der Waals surface area contributed by atoms with Gasteiger partial charge in [-0.2, -0.15) is 0 Å². The number of phosphoric acid groups is 1. The summed E-state index contributed by atoms with van der Waals surface area (Å²) < 4.78 is 27.1. The summed E-state index contributed by atoms with van der Waals surface area (Å²) in [6.07, 6.45) is 57.1. The molecule has 0 aromatic rings. The second kappa shape index (κ2) is 48.6. The van der Waals surface area contributed by atoms with Crippen molar-refractivity contribution in [3.63, 3.8) is 0 Å². The number of carbonyl (C=O) groups is 1. The Morgan fingerprint density at radius 3 is 0.915 bits per heavy atom. The molecule has 0 bridgehead atoms. The molecule has 0 radical (unpaired) electrons. The molecule has 0 rings (SSSR count). The third kappa shape index (κ3) is 51.8. The van der Waals surface area contributed by atoms with E-state index >= 15 is 0 Å². The third-order valence-corrected chi connectivity index (χ3v) is 12.6. The van der Waals surface area contributed by atoms with E-state index in [1.165, 1.54) is 244 Å². The van der Waals surface area contributed by atoms with E-state index in [0.29, 0.717) is 13.0 Å². The van der Waals surface area contributed by atoms with Gasteiger partial charge < -0.3 is 19.3 Å². The van der Waals surface area contributed by atoms with Crippen LogP contribution in [0.4, 0.5) is 0 Å². The molecule has 0 spiro atoms. The molecular formula is C51H103O7P. The van der Waals surface area contributed by atoms with E-state index in [0.717, 1.165) is 32.1 Å². The fourth-order valence-electron chi connectivity index (χ4n) is 8.27. The van der Waals surface area contributed by atoms with Crippen LogP contribution >= 0.6 is 7.82 Å². The van der Waals surface area contributed by atoms with E-state index in [1.54, 1.807) is 0 Å². The first-order valence-electron chi connectivity index (χ1n) is 26.4. The van der Waals surface area contributed by atoms with Crippen LogP contribution in [0.15, 0.2) is 0 Å². The molecule has 7 nitrogen and oxygen atoms in total. The predicted molar refractivity (Wildman–Crippen MR) is 253 cm³/mol. The number of ether oxygens (including phenoxy) is 2. The molecule has 354 valence electrons. The van der Waals surface area contributed by atoms with Crippen molar-refractivity contribution in [2.45, 2.75) is 302 Å². The average molecular weight is 859 g/mol. The second-order valence-corrected chi connectivity index (χ2v) is 19.5. The SMILES string of the molecule is CCCCCCCCCCCCCCCCCCCCCCCCCCCCCCCC(=O)O[C@H](COCCCCCCCCCCCCCCCC)COP(=O)(O)O. The summed E-state index contributed by atoms with van der Waals surface area (Å²) in [6, 6.07) is 0. The zero-order valence-corrected chi connectivity index (χ0v) is 40.6. The normalized spacial score (nSPS) is 12.4. The summed E-state index contributed by atoms with van der Waals surface area (Å²) in [5.41, 5.74) is 0. The summed E-state index contributed by atoms with van der Waals surface area (Å²) in [5.74, 6) is -0.352. The summed E-state index contributed by atoms with van der Waals surface area (Å²) in [7, 11) is -4.65. The Labute approximate surface area is 368 Å². The Balaban J connectivity index is 3.58. The minimum absolute atomic E-state index is 0.0871. The highest BCUT2D eigenvalue weighted by molar-refractivity contribution is 7.46. The smallest absolute Gasteiger partial charge is 0.457 e. The van der Waals surface area contributed by atoms with Gasteiger partial charge >= 0.3 is 13.8 Å². The van der Waals surface area contributed by atoms with Crippen LogP contribution in [-0.2, 0) is 23.4 Å². The van der Waals surface area contributed by atoms with Gasteiger partial charge in [0, 0.05) is 13.0 Å². The van der Waals surface area contributed by atoms with Crippen molar-refractivity contribution in [2.75, 3.05) is 19.8 Å². The third-order valence-electron chi connectivity index (χ3n) is 12.2. The summed E-state index contributed by atoms with van der Waals surface area (Å²) >= 11 is 0. The van der Waals surface area contributed by atoms with Gasteiger partial charge in [-0.25, -0.2) is 4.57 Å². The quantitative estimate of drug-likeness (QED) is 0.0357. The van der Waals surface area contributed by atoms with Crippen molar-refractivity contribution >= 4 is 13.8 Å². The van der Waals surface area contributed by atoms with Crippen molar-refractivity contribution in [3.8, 4) is 0 Å². The van der Waals surface area contributed by atoms with Crippen molar-refractivity contribution in [1.82, 2.24) is 0 Å². The molecule has 0 aliphatic heterocycles. The van der Waals surface area contributed by atoms with E-state index in [4.69, 9.17) is 19.3 Å². The first-order chi connectivity index (χ1) is 28.9. The van der Waals surface area contributed by atoms with Gasteiger partial charge in [-0.15, -0.1) is 0 Å². The Bertz CT molecular complexity index is 865. The van der Waals surface area contributed by atoms with Crippen molar-refractivity contribution < 1.29 is 33.1 Å². The van der Waals surface area contributed by atoms with E-state index in [9.17, 15) is 9.36 Å². The molecule has 0 aromatic carbocycles. The lowest BCUT2D eigenvalue weighted by Crippen LogP contribution is -2.28. The van der Waals surface area contributed by atoms with E-state index in [2.05, 4.69) is 18.4 Å². The first-order valence-corrected chi connectivity index (χ1v) is 27.9. The number of phosphoric ester groups is 1. The fourth-order valence-corrected chi connectivity index (χ4v) is 8.63. The molecule has 0 amide bonds. The number of hydrogen-bond acceptors (Lipinski definition) is 5. The Kier molecular flexibility index (Phi) is 48.2. The highest BCUT2D eigenvalue weighted by atomic mass is 31.2. The van der Waals surface area contributed by atoms with Crippen LogP contribution in [0.25, 0.3) is 0 Å². The fraction of sp³-hybridized carbons (Fsp3) is 0.980. The van der Waals surface area contributed by atoms with Gasteiger partial charge in [-0.05, 0) is 12.8 Å². The Morgan fingerprint density at radius 2 is 0.644 bits per heavy atom. The van der Waals surface area contributed by atoms with Gasteiger partial charge in [-0.3, -0.25) is 9.32 Å². The maximum absolute atomic E-state index is 12.5. The molecule has 0 aliphatic rings. The standard InChI is InChI=1S/C51H103O7P/c1-3-5-7-9-11-13-15-17-19-20-21-22-23-24-25-26-27-28-29-30-31-32-33-34-36-38-40-42-44-46-51(52)58-50(49-57-59(53,54)55)48-56-47-45-43-41-39-37-35-18-16-14-12-10-8-6-4-2/h50H,3-49H2,1-2H3,(H2,53,54,55)/t50-/m1/s1. The van der Waals surface area contributed by atoms with E-state index in [1.807, 2.05) is 0 Å². The lowest BCUT2D eigenvalue weighted by Gasteiger charge is -2.18. The molecule has 0 aromatic heterocycles. The van der Waals surface area contributed by atoms with Gasteiger partial charge in [0.15, 0.2) is 0 Å². The molecule has 59 heavy (non-hydrogen) atoms. The monoisotopic (exact) mass is 859 g/mol. The maximum atomic E-state index is 12.5. The van der Waals surface area contributed by atoms with Crippen LogP contribution in [-0.4, -0.2) is 41.7 Å². The number of esters is 1. The zero-order valence-electron chi connectivity index (χ0n) is 39.7. The lowest BCUT2D eigenvalue weighted by atomic mass is 10.0. The van der Waals surface area contributed by atoms with Gasteiger partial charge in [0.2, 0.25) is 0 Å². The zero-order chi connectivity index (χ0) is 43.0. The Hall–Kier alpha value is -0.460. The van der Waals surface area contributed by atoms with Crippen molar-refractivity contribution in [2.24, 2.45) is 0 Å². The van der Waals surface area contributed by atoms with Gasteiger partial charge in [-0.1, -0.05) is 277 Å². The minimum Gasteiger partial charge on any atom is -0.457 e. The second-order valence-electron chi connectivity index (χ2n) is 18.2. The van der Waals surface area contributed by atoms with Crippen LogP contribution < -0.4 is 0 Å². The molecule has 0 saturated carbocycles. The van der Waals surface area contributed by atoms with E-state index < -0.39 is 13.9 Å². The Morgan fingerprint density at radius 1 is 0.390 bits per heavy atom. The number of rotatable bonds is 51. The predicted octanol–water partition coefficient (Wildman–Crippen LogP) is 17.2. The lowest BCUT2D eigenvalue weighted by molar-refractivity contribution is -0.154. The maximum Gasteiger partial charge on any atom is 0.469 e. The molecule has 1 atom stereocenters. The number of hydrogen-bond donors (Lipinski definition) is 2. The molecule has 8 heteroatoms. The number of unbranched alkanes of at least 4 members (excludes halogenated alkanes) is 41. The molecule has 0 aliphatic carbocycles. The molecule has 0 unspecified atom stereocenters. The number of carbonyl (C=O) groups excluding carboxylic acids is 1. The summed E-state index contributed by atoms with van der Waals surface area (Å²) in [5, 5.41) is 0. The molecule has 0 saturated heterocycles. The minimum atomic E-state index is -4.65. The van der Waals surface area contributed by atoms with Crippen LogP contribution in [0.5, 0.6) is 0 Å². The van der Waals surface area contributed by atoms with Crippen LogP contribution in [0.3, 0.4) is 0 Å². The molecule has 0 heterocycles. The largest absolute Gasteiger partial charge is 0.469 e. The van der Waals surface area contributed by atoms with E-state index in [-0.39, 0.29) is 19.2 Å². The van der Waals surface area contributed by atoms with Gasteiger partial charge in [0.05, 0.1) is 13.2 Å². The van der Waals surface area contributed by atoms with Crippen LogP contribution in [0.1, 0.15) is 296 Å². The van der Waals surface area contributed by atoms with Crippen molar-refractivity contribution in [1.29, 1.82) is 0 Å². The highest BCUT2D eigenvalue weighted by Gasteiger charge is 2.21. The van der Waals surface area contributed by atoms with Gasteiger partial charge in [0.25, 0.3) is 0 Å². The van der Waals surface area contributed by atoms with Gasteiger partial charge in [0.1, 0.15) is 6.10 Å².